The summed E-state index contributed by atoms with van der Waals surface area (Å²) in [5.41, 5.74) is 0. The average Bonchev–Trinajstić information content (AvgIpc) is 1.68. The first-order chi connectivity index (χ1) is 3.81. The average molecular weight is 149 g/mol. The maximum Gasteiger partial charge on any atom is 0.175 e. The molecule has 0 bridgehead atoms. The van der Waals surface area contributed by atoms with Gasteiger partial charge in [-0.25, -0.2) is 0 Å². The molecule has 0 aromatic heterocycles. The summed E-state index contributed by atoms with van der Waals surface area (Å²) in [4.78, 5) is 0. The Morgan fingerprint density at radius 2 is 1.50 bits per heavy atom. The van der Waals surface area contributed by atoms with Gasteiger partial charge in [-0.15, -0.1) is 0 Å². The first-order valence-electron chi connectivity index (χ1n) is 3.23. The molecule has 0 saturated heterocycles. The van der Waals surface area contributed by atoms with Crippen LogP contribution in [0.25, 0.3) is 0 Å². The fourth-order valence-corrected chi connectivity index (χ4v) is 2.93. The van der Waals surface area contributed by atoms with Crippen LogP contribution in [0.4, 0.5) is 0 Å². The molecule has 0 N–H and O–H groups in total. The van der Waals surface area contributed by atoms with Crippen LogP contribution in [0.15, 0.2) is 0 Å². The monoisotopic (exact) mass is 149 g/mol. The standard InChI is InChI=1S/C6H14PS/c1-3-5-7(8)6-4-2/h3-6H2,1-2H3/q+1. The van der Waals surface area contributed by atoms with Gasteiger partial charge in [0.05, 0.1) is 0 Å². The zero-order valence-corrected chi connectivity index (χ0v) is 7.39. The van der Waals surface area contributed by atoms with Gasteiger partial charge in [0.25, 0.3) is 0 Å². The molecule has 0 aliphatic heterocycles. The molecule has 0 atom stereocenters. The molecule has 0 radical (unpaired) electrons. The quantitative estimate of drug-likeness (QED) is 0.554. The first kappa shape index (κ1) is 8.52. The minimum absolute atomic E-state index is 0.00257. The molecule has 2 heteroatoms. The summed E-state index contributed by atoms with van der Waals surface area (Å²) in [7, 11) is 0. The lowest BCUT2D eigenvalue weighted by atomic mass is 10.6. The van der Waals surface area contributed by atoms with Crippen molar-refractivity contribution in [1.82, 2.24) is 0 Å². The van der Waals surface area contributed by atoms with Gasteiger partial charge in [0.2, 0.25) is 0 Å². The Bertz CT molecular complexity index is 62.9. The third kappa shape index (κ3) is 4.67. The van der Waals surface area contributed by atoms with E-state index in [1.807, 2.05) is 0 Å². The maximum atomic E-state index is 5.20. The summed E-state index contributed by atoms with van der Waals surface area (Å²) in [6, 6.07) is 0. The van der Waals surface area contributed by atoms with Crippen molar-refractivity contribution < 1.29 is 0 Å². The number of rotatable bonds is 4. The molecule has 0 saturated carbocycles. The second kappa shape index (κ2) is 5.65. The topological polar surface area (TPSA) is 0 Å². The van der Waals surface area contributed by atoms with Gasteiger partial charge < -0.3 is 0 Å². The van der Waals surface area contributed by atoms with Gasteiger partial charge in [-0.1, -0.05) is 13.8 Å². The van der Waals surface area contributed by atoms with Crippen LogP contribution in [-0.4, -0.2) is 12.3 Å². The molecule has 0 fully saturated rings. The van der Waals surface area contributed by atoms with Crippen LogP contribution in [0.5, 0.6) is 0 Å². The third-order valence-corrected chi connectivity index (χ3v) is 3.93. The molecule has 0 aromatic carbocycles. The van der Waals surface area contributed by atoms with Crippen LogP contribution in [0.2, 0.25) is 0 Å². The molecular formula is C6H14PS+. The Kier molecular flexibility index (Phi) is 6.02. The van der Waals surface area contributed by atoms with Crippen molar-refractivity contribution in [3.63, 3.8) is 0 Å². The summed E-state index contributed by atoms with van der Waals surface area (Å²) < 4.78 is 0. The van der Waals surface area contributed by atoms with Crippen LogP contribution in [0.1, 0.15) is 26.7 Å². The summed E-state index contributed by atoms with van der Waals surface area (Å²) >= 11 is 5.20. The Morgan fingerprint density at radius 1 is 1.12 bits per heavy atom. The van der Waals surface area contributed by atoms with Gasteiger partial charge in [-0.2, -0.15) is 0 Å². The van der Waals surface area contributed by atoms with Gasteiger partial charge in [-0.3, -0.25) is 0 Å². The van der Waals surface area contributed by atoms with Gasteiger partial charge in [-0.05, 0) is 12.8 Å². The van der Waals surface area contributed by atoms with Crippen molar-refractivity contribution in [2.45, 2.75) is 26.7 Å². The molecule has 0 spiro atoms. The molecule has 8 heavy (non-hydrogen) atoms. The van der Waals surface area contributed by atoms with E-state index in [0.29, 0.717) is 0 Å². The molecule has 0 rings (SSSR count). The third-order valence-electron chi connectivity index (χ3n) is 0.946. The number of hydrogen-bond donors (Lipinski definition) is 0. The Morgan fingerprint density at radius 3 is 1.75 bits per heavy atom. The molecule has 0 nitrogen and oxygen atoms in total. The Balaban J connectivity index is 3.06. The molecule has 0 aliphatic carbocycles. The van der Waals surface area contributed by atoms with Crippen molar-refractivity contribution in [3.8, 4) is 0 Å². The molecule has 0 aliphatic rings. The highest BCUT2D eigenvalue weighted by Gasteiger charge is 2.03. The van der Waals surface area contributed by atoms with Gasteiger partial charge in [0, 0.05) is 0 Å². The summed E-state index contributed by atoms with van der Waals surface area (Å²) in [6.07, 6.45) is 5.13. The van der Waals surface area contributed by atoms with E-state index in [1.54, 1.807) is 0 Å². The molecule has 48 valence electrons. The van der Waals surface area contributed by atoms with E-state index in [9.17, 15) is 0 Å². The van der Waals surface area contributed by atoms with E-state index in [2.05, 4.69) is 13.8 Å². The number of hydrogen-bond acceptors (Lipinski definition) is 1. The highest BCUT2D eigenvalue weighted by molar-refractivity contribution is 8.05. The Labute approximate surface area is 58.1 Å². The summed E-state index contributed by atoms with van der Waals surface area (Å²) in [6.45, 7) is 4.41. The van der Waals surface area contributed by atoms with Crippen LogP contribution >= 0.6 is 6.70 Å². The van der Waals surface area contributed by atoms with E-state index < -0.39 is 0 Å². The first-order valence-corrected chi connectivity index (χ1v) is 5.95. The summed E-state index contributed by atoms with van der Waals surface area (Å²) in [5, 5.41) is 0. The summed E-state index contributed by atoms with van der Waals surface area (Å²) in [5.74, 6) is 0. The lowest BCUT2D eigenvalue weighted by molar-refractivity contribution is 1.06. The normalized spacial score (nSPS) is 9.25. The lowest BCUT2D eigenvalue weighted by Crippen LogP contribution is -1.77. The second-order valence-corrected chi connectivity index (χ2v) is 5.34. The molecule has 0 amide bonds. The molecular weight excluding hydrogens is 135 g/mol. The zero-order valence-electron chi connectivity index (χ0n) is 5.68. The van der Waals surface area contributed by atoms with Crippen molar-refractivity contribution in [3.05, 3.63) is 0 Å². The van der Waals surface area contributed by atoms with Crippen molar-refractivity contribution >= 4 is 18.5 Å². The van der Waals surface area contributed by atoms with Crippen molar-refractivity contribution in [1.29, 1.82) is 0 Å². The van der Waals surface area contributed by atoms with Gasteiger partial charge in [0.1, 0.15) is 12.3 Å². The minimum Gasteiger partial charge on any atom is -0.0614 e. The fraction of sp³-hybridized carbons (Fsp3) is 1.00. The molecule has 0 aromatic rings. The van der Waals surface area contributed by atoms with E-state index in [0.717, 1.165) is 0 Å². The van der Waals surface area contributed by atoms with E-state index >= 15 is 0 Å². The lowest BCUT2D eigenvalue weighted by Gasteiger charge is -1.83. The van der Waals surface area contributed by atoms with Crippen LogP contribution in [0.3, 0.4) is 0 Å². The van der Waals surface area contributed by atoms with Crippen molar-refractivity contribution in [2.24, 2.45) is 0 Å². The van der Waals surface area contributed by atoms with E-state index in [1.165, 1.54) is 25.2 Å². The van der Waals surface area contributed by atoms with Crippen LogP contribution < -0.4 is 0 Å². The predicted octanol–water partition coefficient (Wildman–Crippen LogP) is 2.75. The molecule has 0 unspecified atom stereocenters. The smallest absolute Gasteiger partial charge is 0.0614 e. The van der Waals surface area contributed by atoms with Crippen LogP contribution in [-0.2, 0) is 11.8 Å². The largest absolute Gasteiger partial charge is 0.175 e. The van der Waals surface area contributed by atoms with Crippen molar-refractivity contribution in [2.75, 3.05) is 12.3 Å². The van der Waals surface area contributed by atoms with Gasteiger partial charge in [0.15, 0.2) is 18.5 Å². The van der Waals surface area contributed by atoms with E-state index in [-0.39, 0.29) is 6.70 Å². The second-order valence-electron chi connectivity index (χ2n) is 1.93. The maximum absolute atomic E-state index is 5.20. The highest BCUT2D eigenvalue weighted by atomic mass is 32.4. The fourth-order valence-electron chi connectivity index (χ4n) is 0.611. The van der Waals surface area contributed by atoms with Gasteiger partial charge >= 0.3 is 0 Å². The minimum atomic E-state index is 0.00257. The zero-order chi connectivity index (χ0) is 6.41. The predicted molar refractivity (Wildman–Crippen MR) is 44.6 cm³/mol. The SMILES string of the molecule is CCC[P+](=S)CCC. The molecule has 0 heterocycles. The Hall–Kier alpha value is 0.520. The highest BCUT2D eigenvalue weighted by Crippen LogP contribution is 2.21. The van der Waals surface area contributed by atoms with E-state index in [4.69, 9.17) is 11.8 Å². The van der Waals surface area contributed by atoms with Crippen LogP contribution in [0, 0.1) is 0 Å².